The van der Waals surface area contributed by atoms with Crippen LogP contribution in [-0.2, 0) is 23.2 Å². The van der Waals surface area contributed by atoms with Crippen LogP contribution in [0.5, 0.6) is 0 Å². The number of aryl methyl sites for hydroxylation is 1. The second-order valence-corrected chi connectivity index (χ2v) is 9.25. The molecule has 0 radical (unpaired) electrons. The molecule has 0 unspecified atom stereocenters. The number of hydrogen-bond donors (Lipinski definition) is 1. The second kappa shape index (κ2) is 11.5. The summed E-state index contributed by atoms with van der Waals surface area (Å²) in [7, 11) is 0. The third-order valence-corrected chi connectivity index (χ3v) is 5.53. The average molecular weight is 463 g/mol. The number of rotatable bonds is 9. The number of urea groups is 1. The molecule has 34 heavy (non-hydrogen) atoms. The molecule has 3 rings (SSSR count). The molecule has 7 nitrogen and oxygen atoms in total. The fourth-order valence-electron chi connectivity index (χ4n) is 3.55. The minimum atomic E-state index is -0.375. The van der Waals surface area contributed by atoms with Crippen molar-refractivity contribution in [2.45, 2.75) is 52.6 Å². The molecule has 0 atom stereocenters. The second-order valence-electron chi connectivity index (χ2n) is 9.25. The van der Waals surface area contributed by atoms with Crippen LogP contribution in [0, 0.1) is 0 Å². The van der Waals surface area contributed by atoms with Gasteiger partial charge in [0.25, 0.3) is 0 Å². The Hall–Kier alpha value is -3.61. The van der Waals surface area contributed by atoms with E-state index in [9.17, 15) is 9.59 Å². The molecular formula is C27H34N4O3. The lowest BCUT2D eigenvalue weighted by Crippen LogP contribution is -2.35. The minimum Gasteiger partial charge on any atom is -0.462 e. The molecule has 2 aromatic carbocycles. The molecule has 0 spiro atoms. The van der Waals surface area contributed by atoms with Gasteiger partial charge in [0, 0.05) is 37.7 Å². The van der Waals surface area contributed by atoms with Gasteiger partial charge in [-0.05, 0) is 54.2 Å². The Kier molecular flexibility index (Phi) is 8.46. The van der Waals surface area contributed by atoms with E-state index in [1.807, 2.05) is 15.7 Å². The van der Waals surface area contributed by atoms with E-state index in [1.165, 1.54) is 5.56 Å². The predicted octanol–water partition coefficient (Wildman–Crippen LogP) is 5.48. The Labute approximate surface area is 201 Å². The summed E-state index contributed by atoms with van der Waals surface area (Å²) >= 11 is 0. The van der Waals surface area contributed by atoms with Crippen molar-refractivity contribution >= 4 is 17.7 Å². The summed E-state index contributed by atoms with van der Waals surface area (Å²) < 4.78 is 7.02. The van der Waals surface area contributed by atoms with Crippen LogP contribution in [0.15, 0.2) is 67.3 Å². The summed E-state index contributed by atoms with van der Waals surface area (Å²) in [6.45, 7) is 10.5. The van der Waals surface area contributed by atoms with E-state index in [0.29, 0.717) is 30.9 Å². The average Bonchev–Trinajstić information content (AvgIpc) is 3.32. The molecule has 1 N–H and O–H groups in total. The first-order chi connectivity index (χ1) is 16.3. The van der Waals surface area contributed by atoms with Gasteiger partial charge in [-0.2, -0.15) is 0 Å². The van der Waals surface area contributed by atoms with Crippen molar-refractivity contribution in [3.05, 3.63) is 83.9 Å². The third-order valence-electron chi connectivity index (χ3n) is 5.53. The van der Waals surface area contributed by atoms with Crippen molar-refractivity contribution in [1.29, 1.82) is 0 Å². The van der Waals surface area contributed by atoms with Gasteiger partial charge in [0.15, 0.2) is 0 Å². The van der Waals surface area contributed by atoms with E-state index in [-0.39, 0.29) is 17.4 Å². The SMILES string of the molecule is CCOC(=O)c1ccc(NC(=O)N(CCCn2ccnc2)Cc2ccc(C(C)(C)C)cc2)cc1. The maximum Gasteiger partial charge on any atom is 0.338 e. The largest absolute Gasteiger partial charge is 0.462 e. The molecule has 1 heterocycles. The standard InChI is InChI=1S/C27H34N4O3/c1-5-34-25(32)22-9-13-24(14-10-22)29-26(33)31(17-6-16-30-18-15-28-20-30)19-21-7-11-23(12-8-21)27(2,3)4/h7-15,18,20H,5-6,16-17,19H2,1-4H3,(H,29,33). The van der Waals surface area contributed by atoms with Crippen LogP contribution >= 0.6 is 0 Å². The van der Waals surface area contributed by atoms with E-state index in [4.69, 9.17) is 4.74 Å². The molecule has 3 aromatic rings. The van der Waals surface area contributed by atoms with Crippen LogP contribution in [0.2, 0.25) is 0 Å². The molecular weight excluding hydrogens is 428 g/mol. The van der Waals surface area contributed by atoms with E-state index >= 15 is 0 Å². The van der Waals surface area contributed by atoms with Gasteiger partial charge in [-0.3, -0.25) is 0 Å². The number of hydrogen-bond acceptors (Lipinski definition) is 4. The number of ether oxygens (including phenoxy) is 1. The van der Waals surface area contributed by atoms with Gasteiger partial charge in [0.2, 0.25) is 0 Å². The van der Waals surface area contributed by atoms with E-state index < -0.39 is 0 Å². The van der Waals surface area contributed by atoms with Crippen LogP contribution in [-0.4, -0.2) is 39.6 Å². The first-order valence-electron chi connectivity index (χ1n) is 11.6. The summed E-state index contributed by atoms with van der Waals surface area (Å²) in [4.78, 5) is 30.9. The lowest BCUT2D eigenvalue weighted by atomic mass is 9.87. The fourth-order valence-corrected chi connectivity index (χ4v) is 3.55. The van der Waals surface area contributed by atoms with Crippen molar-refractivity contribution in [2.75, 3.05) is 18.5 Å². The van der Waals surface area contributed by atoms with Gasteiger partial charge in [-0.1, -0.05) is 45.0 Å². The Bertz CT molecular complexity index is 1050. The maximum atomic E-state index is 13.2. The zero-order valence-electron chi connectivity index (χ0n) is 20.5. The first-order valence-corrected chi connectivity index (χ1v) is 11.6. The number of amides is 2. The smallest absolute Gasteiger partial charge is 0.338 e. The Morgan fingerprint density at radius 2 is 1.76 bits per heavy atom. The number of benzene rings is 2. The number of anilines is 1. The summed E-state index contributed by atoms with van der Waals surface area (Å²) in [5.41, 5.74) is 3.49. The molecule has 0 aliphatic rings. The summed E-state index contributed by atoms with van der Waals surface area (Å²) in [5.74, 6) is -0.375. The van der Waals surface area contributed by atoms with Gasteiger partial charge >= 0.3 is 12.0 Å². The molecule has 7 heteroatoms. The van der Waals surface area contributed by atoms with Crippen molar-refractivity contribution in [3.63, 3.8) is 0 Å². The maximum absolute atomic E-state index is 13.2. The number of nitrogens with one attached hydrogen (secondary N) is 1. The van der Waals surface area contributed by atoms with Crippen molar-refractivity contribution in [1.82, 2.24) is 14.5 Å². The Balaban J connectivity index is 1.68. The normalized spacial score (nSPS) is 11.2. The molecule has 0 fully saturated rings. The molecule has 0 saturated carbocycles. The molecule has 180 valence electrons. The zero-order valence-corrected chi connectivity index (χ0v) is 20.5. The van der Waals surface area contributed by atoms with Crippen molar-refractivity contribution < 1.29 is 14.3 Å². The topological polar surface area (TPSA) is 76.5 Å². The van der Waals surface area contributed by atoms with Crippen LogP contribution in [0.25, 0.3) is 0 Å². The van der Waals surface area contributed by atoms with Crippen molar-refractivity contribution in [3.8, 4) is 0 Å². The number of carbonyl (C=O) groups is 2. The van der Waals surface area contributed by atoms with E-state index in [1.54, 1.807) is 43.7 Å². The highest BCUT2D eigenvalue weighted by molar-refractivity contribution is 5.92. The molecule has 1 aromatic heterocycles. The Morgan fingerprint density at radius 3 is 2.35 bits per heavy atom. The predicted molar refractivity (Wildman–Crippen MR) is 134 cm³/mol. The first kappa shape index (κ1) is 25.0. The number of imidazole rings is 1. The number of esters is 1. The monoisotopic (exact) mass is 462 g/mol. The highest BCUT2D eigenvalue weighted by atomic mass is 16.5. The lowest BCUT2D eigenvalue weighted by molar-refractivity contribution is 0.0526. The molecule has 2 amide bonds. The zero-order chi connectivity index (χ0) is 24.6. The fraction of sp³-hybridized carbons (Fsp3) is 0.370. The third kappa shape index (κ3) is 7.20. The number of nitrogens with zero attached hydrogens (tertiary/aromatic N) is 3. The lowest BCUT2D eigenvalue weighted by Gasteiger charge is -2.24. The summed E-state index contributed by atoms with van der Waals surface area (Å²) in [6, 6.07) is 15.0. The molecule has 0 aliphatic heterocycles. The molecule has 0 aliphatic carbocycles. The van der Waals surface area contributed by atoms with E-state index in [0.717, 1.165) is 18.5 Å². The van der Waals surface area contributed by atoms with Gasteiger partial charge in [0.1, 0.15) is 0 Å². The van der Waals surface area contributed by atoms with Gasteiger partial charge in [-0.25, -0.2) is 14.6 Å². The summed E-state index contributed by atoms with van der Waals surface area (Å²) in [6.07, 6.45) is 6.24. The highest BCUT2D eigenvalue weighted by Crippen LogP contribution is 2.23. The quantitative estimate of drug-likeness (QED) is 0.427. The number of carbonyl (C=O) groups excluding carboxylic acids is 2. The summed E-state index contributed by atoms with van der Waals surface area (Å²) in [5, 5.41) is 2.96. The van der Waals surface area contributed by atoms with Gasteiger partial charge in [0.05, 0.1) is 18.5 Å². The van der Waals surface area contributed by atoms with Crippen LogP contribution in [0.1, 0.15) is 55.6 Å². The van der Waals surface area contributed by atoms with Gasteiger partial charge < -0.3 is 19.5 Å². The number of aromatic nitrogens is 2. The van der Waals surface area contributed by atoms with Crippen LogP contribution in [0.3, 0.4) is 0 Å². The van der Waals surface area contributed by atoms with Crippen LogP contribution < -0.4 is 5.32 Å². The highest BCUT2D eigenvalue weighted by Gasteiger charge is 2.17. The van der Waals surface area contributed by atoms with E-state index in [2.05, 4.69) is 55.3 Å². The van der Waals surface area contributed by atoms with Gasteiger partial charge in [-0.15, -0.1) is 0 Å². The molecule has 0 saturated heterocycles. The van der Waals surface area contributed by atoms with Crippen molar-refractivity contribution in [2.24, 2.45) is 0 Å². The minimum absolute atomic E-state index is 0.0795. The molecule has 0 bridgehead atoms. The Morgan fingerprint density at radius 1 is 1.06 bits per heavy atom. The van der Waals surface area contributed by atoms with Crippen LogP contribution in [0.4, 0.5) is 10.5 Å².